The van der Waals surface area contributed by atoms with Gasteiger partial charge in [-0.05, 0) is 36.8 Å². The van der Waals surface area contributed by atoms with Crippen molar-refractivity contribution >= 4 is 23.2 Å². The van der Waals surface area contributed by atoms with Gasteiger partial charge in [0.25, 0.3) is 5.89 Å². The third kappa shape index (κ3) is 2.75. The van der Waals surface area contributed by atoms with Gasteiger partial charge in [0, 0.05) is 10.0 Å². The summed E-state index contributed by atoms with van der Waals surface area (Å²) in [6.07, 6.45) is 0. The number of rotatable bonds is 2. The molecule has 0 aliphatic carbocycles. The van der Waals surface area contributed by atoms with Crippen LogP contribution < -0.4 is 5.76 Å². The maximum absolute atomic E-state index is 13.8. The number of nitrogens with zero attached hydrogens (tertiary/aromatic N) is 2. The monoisotopic (exact) mass is 356 g/mol. The predicted molar refractivity (Wildman–Crippen MR) is 82.2 cm³/mol. The molecular formula is C15H8Cl2F2N2O2. The van der Waals surface area contributed by atoms with Crippen molar-refractivity contribution in [1.82, 2.24) is 9.78 Å². The van der Waals surface area contributed by atoms with E-state index in [0.29, 0.717) is 10.6 Å². The SMILES string of the molecule is Cc1c(Cl)cc(Cl)cc1-n1nc(-c2c(F)cccc2F)oc1=O. The highest BCUT2D eigenvalue weighted by Gasteiger charge is 2.20. The molecule has 0 spiro atoms. The summed E-state index contributed by atoms with van der Waals surface area (Å²) in [4.78, 5) is 12.0. The largest absolute Gasteiger partial charge is 0.442 e. The van der Waals surface area contributed by atoms with Crippen LogP contribution >= 0.6 is 23.2 Å². The maximum Gasteiger partial charge on any atom is 0.442 e. The standard InChI is InChI=1S/C15H8Cl2F2N2O2/c1-7-9(17)5-8(16)6-12(7)21-15(22)23-14(20-21)13-10(18)3-2-4-11(13)19/h2-6H,1H3. The van der Waals surface area contributed by atoms with E-state index in [4.69, 9.17) is 27.6 Å². The molecule has 0 N–H and O–H groups in total. The summed E-state index contributed by atoms with van der Waals surface area (Å²) in [7, 11) is 0. The van der Waals surface area contributed by atoms with Gasteiger partial charge in [-0.2, -0.15) is 4.68 Å². The topological polar surface area (TPSA) is 48.0 Å². The molecule has 0 aliphatic heterocycles. The van der Waals surface area contributed by atoms with E-state index in [1.54, 1.807) is 6.92 Å². The Labute approximate surface area is 138 Å². The highest BCUT2D eigenvalue weighted by molar-refractivity contribution is 6.35. The minimum atomic E-state index is -0.913. The molecule has 2 aromatic carbocycles. The van der Waals surface area contributed by atoms with Gasteiger partial charge < -0.3 is 4.42 Å². The van der Waals surface area contributed by atoms with E-state index in [0.717, 1.165) is 16.8 Å². The smallest absolute Gasteiger partial charge is 0.387 e. The van der Waals surface area contributed by atoms with Crippen LogP contribution in [-0.4, -0.2) is 9.78 Å². The Hall–Kier alpha value is -2.18. The molecule has 1 heterocycles. The van der Waals surface area contributed by atoms with Crippen molar-refractivity contribution in [3.05, 3.63) is 68.1 Å². The molecule has 118 valence electrons. The van der Waals surface area contributed by atoms with Gasteiger partial charge in [0.15, 0.2) is 0 Å². The fraction of sp³-hybridized carbons (Fsp3) is 0.0667. The number of halogens is 4. The van der Waals surface area contributed by atoms with Crippen LogP contribution in [0.5, 0.6) is 0 Å². The van der Waals surface area contributed by atoms with Crippen molar-refractivity contribution in [2.45, 2.75) is 6.92 Å². The van der Waals surface area contributed by atoms with Crippen LogP contribution in [0.15, 0.2) is 39.5 Å². The average molecular weight is 357 g/mol. The second kappa shape index (κ2) is 5.79. The van der Waals surface area contributed by atoms with Gasteiger partial charge in [-0.15, -0.1) is 5.10 Å². The molecule has 1 aromatic heterocycles. The van der Waals surface area contributed by atoms with Crippen LogP contribution in [-0.2, 0) is 0 Å². The molecule has 0 saturated carbocycles. The van der Waals surface area contributed by atoms with E-state index in [9.17, 15) is 13.6 Å². The molecule has 0 radical (unpaired) electrons. The highest BCUT2D eigenvalue weighted by Crippen LogP contribution is 2.28. The summed E-state index contributed by atoms with van der Waals surface area (Å²) < 4.78 is 33.3. The quantitative estimate of drug-likeness (QED) is 0.684. The zero-order valence-corrected chi connectivity index (χ0v) is 13.1. The van der Waals surface area contributed by atoms with E-state index in [-0.39, 0.29) is 10.7 Å². The first kappa shape index (κ1) is 15.7. The van der Waals surface area contributed by atoms with Gasteiger partial charge in [-0.25, -0.2) is 13.6 Å². The lowest BCUT2D eigenvalue weighted by Gasteiger charge is -2.06. The Balaban J connectivity index is 2.23. The van der Waals surface area contributed by atoms with Crippen LogP contribution in [0.4, 0.5) is 8.78 Å². The fourth-order valence-electron chi connectivity index (χ4n) is 2.09. The molecule has 0 unspecified atom stereocenters. The first-order chi connectivity index (χ1) is 10.9. The molecule has 0 amide bonds. The normalized spacial score (nSPS) is 11.0. The van der Waals surface area contributed by atoms with Gasteiger partial charge in [-0.3, -0.25) is 0 Å². The lowest BCUT2D eigenvalue weighted by molar-refractivity contribution is 0.503. The average Bonchev–Trinajstić information content (AvgIpc) is 2.84. The Bertz CT molecular complexity index is 946. The Morgan fingerprint density at radius 3 is 2.48 bits per heavy atom. The molecule has 0 bridgehead atoms. The fourth-order valence-corrected chi connectivity index (χ4v) is 2.57. The number of hydrogen-bond donors (Lipinski definition) is 0. The van der Waals surface area contributed by atoms with Crippen molar-refractivity contribution in [2.75, 3.05) is 0 Å². The van der Waals surface area contributed by atoms with E-state index in [1.807, 2.05) is 0 Å². The molecule has 0 aliphatic rings. The number of aromatic nitrogens is 2. The summed E-state index contributed by atoms with van der Waals surface area (Å²) in [6.45, 7) is 1.65. The molecular weight excluding hydrogens is 349 g/mol. The van der Waals surface area contributed by atoms with Crippen LogP contribution in [0.2, 0.25) is 10.0 Å². The molecule has 0 atom stereocenters. The Kier molecular flexibility index (Phi) is 3.95. The Morgan fingerprint density at radius 1 is 1.17 bits per heavy atom. The first-order valence-corrected chi connectivity index (χ1v) is 7.14. The van der Waals surface area contributed by atoms with Gasteiger partial charge in [0.2, 0.25) is 0 Å². The predicted octanol–water partition coefficient (Wildman–Crippen LogP) is 4.39. The second-order valence-corrected chi connectivity index (χ2v) is 5.56. The molecule has 3 rings (SSSR count). The Morgan fingerprint density at radius 2 is 1.83 bits per heavy atom. The van der Waals surface area contributed by atoms with Crippen LogP contribution in [0.1, 0.15) is 5.56 Å². The van der Waals surface area contributed by atoms with Gasteiger partial charge in [0.1, 0.15) is 17.2 Å². The van der Waals surface area contributed by atoms with Crippen molar-refractivity contribution in [3.8, 4) is 17.1 Å². The lowest BCUT2D eigenvalue weighted by atomic mass is 10.2. The summed E-state index contributed by atoms with van der Waals surface area (Å²) in [5.41, 5.74) is 0.264. The van der Waals surface area contributed by atoms with E-state index >= 15 is 0 Å². The lowest BCUT2D eigenvalue weighted by Crippen LogP contribution is -2.14. The van der Waals surface area contributed by atoms with Crippen molar-refractivity contribution < 1.29 is 13.2 Å². The molecule has 8 heteroatoms. The zero-order valence-electron chi connectivity index (χ0n) is 11.6. The van der Waals surface area contributed by atoms with Crippen LogP contribution in [0.3, 0.4) is 0 Å². The van der Waals surface area contributed by atoms with Gasteiger partial charge in [-0.1, -0.05) is 29.3 Å². The van der Waals surface area contributed by atoms with Crippen molar-refractivity contribution in [2.24, 2.45) is 0 Å². The minimum Gasteiger partial charge on any atom is -0.387 e. The van der Waals surface area contributed by atoms with Crippen LogP contribution in [0, 0.1) is 18.6 Å². The molecule has 0 saturated heterocycles. The van der Waals surface area contributed by atoms with Crippen molar-refractivity contribution in [1.29, 1.82) is 0 Å². The molecule has 3 aromatic rings. The van der Waals surface area contributed by atoms with E-state index in [2.05, 4.69) is 5.10 Å². The number of hydrogen-bond acceptors (Lipinski definition) is 3. The third-order valence-corrected chi connectivity index (χ3v) is 3.85. The van der Waals surface area contributed by atoms with Gasteiger partial charge in [0.05, 0.1) is 5.69 Å². The zero-order chi connectivity index (χ0) is 16.7. The first-order valence-electron chi connectivity index (χ1n) is 6.39. The van der Waals surface area contributed by atoms with Crippen LogP contribution in [0.25, 0.3) is 17.1 Å². The van der Waals surface area contributed by atoms with Crippen molar-refractivity contribution in [3.63, 3.8) is 0 Å². The summed E-state index contributed by atoms with van der Waals surface area (Å²) >= 11 is 11.9. The molecule has 23 heavy (non-hydrogen) atoms. The minimum absolute atomic E-state index is 0.263. The summed E-state index contributed by atoms with van der Waals surface area (Å²) in [5.74, 6) is -3.16. The summed E-state index contributed by atoms with van der Waals surface area (Å²) in [6, 6.07) is 6.24. The highest BCUT2D eigenvalue weighted by atomic mass is 35.5. The maximum atomic E-state index is 13.8. The summed E-state index contributed by atoms with van der Waals surface area (Å²) in [5, 5.41) is 4.46. The number of benzene rings is 2. The van der Waals surface area contributed by atoms with E-state index in [1.165, 1.54) is 18.2 Å². The van der Waals surface area contributed by atoms with E-state index < -0.39 is 28.8 Å². The van der Waals surface area contributed by atoms with Gasteiger partial charge >= 0.3 is 5.76 Å². The molecule has 4 nitrogen and oxygen atoms in total. The second-order valence-electron chi connectivity index (χ2n) is 4.71. The third-order valence-electron chi connectivity index (χ3n) is 3.23. The molecule has 0 fully saturated rings.